The summed E-state index contributed by atoms with van der Waals surface area (Å²) in [5.41, 5.74) is 2.87. The molecule has 66 valence electrons. The fraction of sp³-hybridized carbons (Fsp3) is 0. The molecule has 1 aliphatic rings. The molecule has 0 atom stereocenters. The molecule has 0 fully saturated rings. The summed E-state index contributed by atoms with van der Waals surface area (Å²) >= 11 is 0. The number of aromatic nitrogens is 3. The van der Waals surface area contributed by atoms with Gasteiger partial charge in [-0.2, -0.15) is 0 Å². The predicted octanol–water partition coefficient (Wildman–Crippen LogP) is 1.08. The van der Waals surface area contributed by atoms with Crippen molar-refractivity contribution in [3.8, 4) is 0 Å². The number of nitrogens with zero attached hydrogens (tertiary/aromatic N) is 3. The average molecular weight is 183 g/mol. The van der Waals surface area contributed by atoms with Gasteiger partial charge in [-0.25, -0.2) is 9.97 Å². The predicted molar refractivity (Wildman–Crippen MR) is 51.3 cm³/mol. The summed E-state index contributed by atoms with van der Waals surface area (Å²) in [5.74, 6) is 0. The highest BCUT2D eigenvalue weighted by molar-refractivity contribution is 6.22. The van der Waals surface area contributed by atoms with Crippen molar-refractivity contribution in [2.75, 3.05) is 0 Å². The number of pyridine rings is 1. The molecule has 4 nitrogen and oxygen atoms in total. The summed E-state index contributed by atoms with van der Waals surface area (Å²) in [7, 11) is 0. The molecule has 0 saturated heterocycles. The molecule has 0 radical (unpaired) electrons. The van der Waals surface area contributed by atoms with E-state index in [4.69, 9.17) is 0 Å². The van der Waals surface area contributed by atoms with Gasteiger partial charge in [0, 0.05) is 11.8 Å². The maximum atomic E-state index is 10.8. The largest absolute Gasteiger partial charge is 0.298 e. The fourth-order valence-corrected chi connectivity index (χ4v) is 1.66. The van der Waals surface area contributed by atoms with Gasteiger partial charge in [-0.05, 0) is 12.1 Å². The van der Waals surface area contributed by atoms with Gasteiger partial charge in [-0.15, -0.1) is 0 Å². The van der Waals surface area contributed by atoms with Crippen LogP contribution in [0.1, 0.15) is 11.4 Å². The Morgan fingerprint density at radius 2 is 2.14 bits per heavy atom. The van der Waals surface area contributed by atoms with Crippen LogP contribution < -0.4 is 0 Å². The van der Waals surface area contributed by atoms with E-state index in [-0.39, 0.29) is 0 Å². The second kappa shape index (κ2) is 2.45. The lowest BCUT2D eigenvalue weighted by Gasteiger charge is -1.98. The van der Waals surface area contributed by atoms with Gasteiger partial charge in [-0.1, -0.05) is 0 Å². The van der Waals surface area contributed by atoms with E-state index in [1.807, 2.05) is 6.07 Å². The molecule has 0 aromatic carbocycles. The normalized spacial score (nSPS) is 13.0. The number of hydrogen-bond donors (Lipinski definition) is 0. The number of carbonyl (C=O) groups excluding carboxylic acids is 1. The fourth-order valence-electron chi connectivity index (χ4n) is 1.66. The highest BCUT2D eigenvalue weighted by Gasteiger charge is 2.18. The Kier molecular flexibility index (Phi) is 1.28. The molecule has 0 unspecified atom stereocenters. The lowest BCUT2D eigenvalue weighted by molar-refractivity contribution is -0.103. The van der Waals surface area contributed by atoms with E-state index in [1.54, 1.807) is 12.3 Å². The average Bonchev–Trinajstić information content (AvgIpc) is 2.60. The van der Waals surface area contributed by atoms with Crippen molar-refractivity contribution in [3.63, 3.8) is 0 Å². The van der Waals surface area contributed by atoms with Crippen LogP contribution in [0.25, 0.3) is 22.6 Å². The van der Waals surface area contributed by atoms with Gasteiger partial charge in [-0.3, -0.25) is 9.78 Å². The van der Waals surface area contributed by atoms with E-state index in [2.05, 4.69) is 15.0 Å². The Morgan fingerprint density at radius 1 is 1.21 bits per heavy atom. The Morgan fingerprint density at radius 3 is 3.00 bits per heavy atom. The summed E-state index contributed by atoms with van der Waals surface area (Å²) in [6.45, 7) is 0. The molecule has 3 rings (SSSR count). The summed E-state index contributed by atoms with van der Waals surface area (Å²) in [5, 5.41) is 0.872. The van der Waals surface area contributed by atoms with E-state index in [0.717, 1.165) is 22.9 Å². The van der Waals surface area contributed by atoms with Crippen molar-refractivity contribution >= 4 is 28.8 Å². The molecular weight excluding hydrogens is 178 g/mol. The molecule has 0 N–H and O–H groups in total. The lowest BCUT2D eigenvalue weighted by atomic mass is 10.2. The lowest BCUT2D eigenvalue weighted by Crippen LogP contribution is -1.90. The van der Waals surface area contributed by atoms with Crippen molar-refractivity contribution in [2.24, 2.45) is 0 Å². The smallest absolute Gasteiger partial charge is 0.152 e. The topological polar surface area (TPSA) is 55.7 Å². The molecular formula is C10H5N3O. The highest BCUT2D eigenvalue weighted by atomic mass is 16.1. The zero-order valence-corrected chi connectivity index (χ0v) is 7.14. The molecule has 0 saturated carbocycles. The van der Waals surface area contributed by atoms with Crippen LogP contribution in [0.4, 0.5) is 0 Å². The summed E-state index contributed by atoms with van der Waals surface area (Å²) in [6.07, 6.45) is 5.67. The minimum absolute atomic E-state index is 0.575. The van der Waals surface area contributed by atoms with Crippen LogP contribution in [0.5, 0.6) is 0 Å². The summed E-state index contributed by atoms with van der Waals surface area (Å²) in [6, 6.07) is 1.81. The Bertz CT molecular complexity index is 569. The second-order valence-electron chi connectivity index (χ2n) is 3.03. The van der Waals surface area contributed by atoms with Crippen LogP contribution in [0.3, 0.4) is 0 Å². The first-order chi connectivity index (χ1) is 6.90. The Balaban J connectivity index is 2.52. The quantitative estimate of drug-likeness (QED) is 0.620. The van der Waals surface area contributed by atoms with Crippen LogP contribution in [-0.4, -0.2) is 21.2 Å². The standard InChI is InChI=1S/C10H5N3O/c14-4-6-3-8-9-7(1-2-11-8)12-5-13-10(6)9/h1-5H. The first-order valence-corrected chi connectivity index (χ1v) is 4.17. The Labute approximate surface area is 79.3 Å². The number of aldehydes is 1. The van der Waals surface area contributed by atoms with E-state index in [1.165, 1.54) is 6.33 Å². The number of allylic oxidation sites excluding steroid dienone is 1. The summed E-state index contributed by atoms with van der Waals surface area (Å²) < 4.78 is 0. The molecule has 0 spiro atoms. The van der Waals surface area contributed by atoms with Gasteiger partial charge in [0.2, 0.25) is 0 Å². The SMILES string of the molecule is O=CC1=Cc2nccc3ncnc1c23. The van der Waals surface area contributed by atoms with Gasteiger partial charge in [0.05, 0.1) is 22.3 Å². The minimum atomic E-state index is 0.575. The molecule has 1 aliphatic carbocycles. The van der Waals surface area contributed by atoms with Crippen LogP contribution in [-0.2, 0) is 4.79 Å². The van der Waals surface area contributed by atoms with Crippen LogP contribution in [0.2, 0.25) is 0 Å². The van der Waals surface area contributed by atoms with Crippen molar-refractivity contribution in [2.45, 2.75) is 0 Å². The molecule has 14 heavy (non-hydrogen) atoms. The van der Waals surface area contributed by atoms with Gasteiger partial charge >= 0.3 is 0 Å². The van der Waals surface area contributed by atoms with Crippen LogP contribution in [0, 0.1) is 0 Å². The van der Waals surface area contributed by atoms with Gasteiger partial charge < -0.3 is 0 Å². The third-order valence-corrected chi connectivity index (χ3v) is 2.27. The Hall–Kier alpha value is -2.10. The first kappa shape index (κ1) is 7.32. The van der Waals surface area contributed by atoms with Crippen molar-refractivity contribution in [3.05, 3.63) is 30.0 Å². The van der Waals surface area contributed by atoms with Crippen molar-refractivity contribution < 1.29 is 4.79 Å². The first-order valence-electron chi connectivity index (χ1n) is 4.17. The number of carbonyl (C=O) groups is 1. The van der Waals surface area contributed by atoms with E-state index >= 15 is 0 Å². The van der Waals surface area contributed by atoms with E-state index < -0.39 is 0 Å². The zero-order chi connectivity index (χ0) is 9.54. The third kappa shape index (κ3) is 0.771. The highest BCUT2D eigenvalue weighted by Crippen LogP contribution is 2.30. The molecule has 0 amide bonds. The second-order valence-corrected chi connectivity index (χ2v) is 3.03. The summed E-state index contributed by atoms with van der Waals surface area (Å²) in [4.78, 5) is 23.1. The van der Waals surface area contributed by atoms with Crippen molar-refractivity contribution in [1.29, 1.82) is 0 Å². The number of hydrogen-bond acceptors (Lipinski definition) is 4. The monoisotopic (exact) mass is 183 g/mol. The van der Waals surface area contributed by atoms with Gasteiger partial charge in [0.25, 0.3) is 0 Å². The van der Waals surface area contributed by atoms with Crippen molar-refractivity contribution in [1.82, 2.24) is 15.0 Å². The minimum Gasteiger partial charge on any atom is -0.298 e. The van der Waals surface area contributed by atoms with Crippen LogP contribution >= 0.6 is 0 Å². The molecule has 0 aliphatic heterocycles. The van der Waals surface area contributed by atoms with Gasteiger partial charge in [0.1, 0.15) is 6.33 Å². The number of rotatable bonds is 1. The van der Waals surface area contributed by atoms with Crippen LogP contribution in [0.15, 0.2) is 18.6 Å². The molecule has 2 aromatic rings. The van der Waals surface area contributed by atoms with E-state index in [9.17, 15) is 4.79 Å². The zero-order valence-electron chi connectivity index (χ0n) is 7.14. The molecule has 2 aromatic heterocycles. The molecule has 4 heteroatoms. The molecule has 2 heterocycles. The van der Waals surface area contributed by atoms with Gasteiger partial charge in [0.15, 0.2) is 6.29 Å². The molecule has 0 bridgehead atoms. The maximum Gasteiger partial charge on any atom is 0.152 e. The maximum absolute atomic E-state index is 10.8. The third-order valence-electron chi connectivity index (χ3n) is 2.27. The van der Waals surface area contributed by atoms with E-state index in [0.29, 0.717) is 11.3 Å².